The molecule has 0 fully saturated rings. The lowest BCUT2D eigenvalue weighted by Gasteiger charge is -2.19. The third-order valence-electron chi connectivity index (χ3n) is 7.77. The molecule has 0 aliphatic carbocycles. The Hall–Kier alpha value is -5.65. The highest BCUT2D eigenvalue weighted by Crippen LogP contribution is 2.30. The Balaban J connectivity index is 1.32. The van der Waals surface area contributed by atoms with Crippen molar-refractivity contribution in [1.29, 1.82) is 0 Å². The van der Waals surface area contributed by atoms with Crippen LogP contribution < -0.4 is 0 Å². The molecular weight excluding hydrogens is 692 g/mol. The van der Waals surface area contributed by atoms with Gasteiger partial charge in [0.05, 0.1) is 25.1 Å². The highest BCUT2D eigenvalue weighted by molar-refractivity contribution is 6.30. The Morgan fingerprint density at radius 1 is 0.961 bits per heavy atom. The number of nitrogens with one attached hydrogen (secondary N) is 1. The predicted molar refractivity (Wildman–Crippen MR) is 179 cm³/mol. The van der Waals surface area contributed by atoms with Crippen LogP contribution in [0.2, 0.25) is 5.15 Å². The summed E-state index contributed by atoms with van der Waals surface area (Å²) in [6, 6.07) is 15.8. The molecule has 18 nitrogen and oxygen atoms in total. The summed E-state index contributed by atoms with van der Waals surface area (Å²) in [6.45, 7) is 3.43. The van der Waals surface area contributed by atoms with Crippen molar-refractivity contribution in [3.05, 3.63) is 91.0 Å². The summed E-state index contributed by atoms with van der Waals surface area (Å²) in [5.41, 5.74) is 4.24. The number of aryl methyl sites for hydroxylation is 1. The third-order valence-corrected chi connectivity index (χ3v) is 8.07. The van der Waals surface area contributed by atoms with Gasteiger partial charge in [-0.25, -0.2) is 4.98 Å². The van der Waals surface area contributed by atoms with Gasteiger partial charge in [-0.05, 0) is 48.1 Å². The zero-order valence-corrected chi connectivity index (χ0v) is 28.7. The number of ether oxygens (including phenoxy) is 2. The van der Waals surface area contributed by atoms with Crippen LogP contribution in [0.15, 0.2) is 48.5 Å². The average molecular weight is 729 g/mol. The van der Waals surface area contributed by atoms with Crippen LogP contribution in [0.3, 0.4) is 0 Å². The number of aromatic amines is 1. The highest BCUT2D eigenvalue weighted by atomic mass is 35.5. The van der Waals surface area contributed by atoms with Crippen molar-refractivity contribution < 1.29 is 38.9 Å². The number of rotatable bonds is 21. The second-order valence-corrected chi connectivity index (χ2v) is 11.7. The molecule has 0 saturated carbocycles. The Kier molecular flexibility index (Phi) is 14.2. The smallest absolute Gasteiger partial charge is 0.306 e. The fourth-order valence-electron chi connectivity index (χ4n) is 5.19. The summed E-state index contributed by atoms with van der Waals surface area (Å²) in [6.07, 6.45) is -0.455. The fraction of sp³-hybridized carbons (Fsp3) is 0.438. The maximum Gasteiger partial charge on any atom is 0.306 e. The number of benzene rings is 2. The first kappa shape index (κ1) is 38.2. The van der Waals surface area contributed by atoms with Crippen molar-refractivity contribution in [2.24, 2.45) is 0 Å². The normalized spacial score (nSPS) is 12.1. The molecule has 2 unspecified atom stereocenters. The van der Waals surface area contributed by atoms with Gasteiger partial charge in [-0.3, -0.25) is 9.59 Å². The Morgan fingerprint density at radius 2 is 1.65 bits per heavy atom. The number of carbonyl (C=O) groups excluding carboxylic acids is 2. The van der Waals surface area contributed by atoms with Crippen LogP contribution in [0, 0.1) is 20.2 Å². The van der Waals surface area contributed by atoms with Crippen LogP contribution in [0.4, 0.5) is 0 Å². The van der Waals surface area contributed by atoms with E-state index in [1.165, 1.54) is 6.92 Å². The Bertz CT molecular complexity index is 1770. The van der Waals surface area contributed by atoms with Crippen LogP contribution in [-0.2, 0) is 48.3 Å². The van der Waals surface area contributed by atoms with Crippen molar-refractivity contribution in [1.82, 2.24) is 30.2 Å². The predicted octanol–water partition coefficient (Wildman–Crippen LogP) is 5.10. The van der Waals surface area contributed by atoms with Gasteiger partial charge in [0, 0.05) is 18.5 Å². The Morgan fingerprint density at radius 3 is 2.29 bits per heavy atom. The topological polar surface area (TPSA) is 230 Å². The minimum absolute atomic E-state index is 0.0559. The third kappa shape index (κ3) is 11.4. The lowest BCUT2D eigenvalue weighted by atomic mass is 9.98. The van der Waals surface area contributed by atoms with Gasteiger partial charge < -0.3 is 23.7 Å². The molecule has 0 spiro atoms. The summed E-state index contributed by atoms with van der Waals surface area (Å²) >= 11 is 6.54. The van der Waals surface area contributed by atoms with Crippen molar-refractivity contribution in [2.45, 2.75) is 84.2 Å². The average Bonchev–Trinajstić information content (AvgIpc) is 3.74. The van der Waals surface area contributed by atoms with Crippen LogP contribution in [0.25, 0.3) is 22.5 Å². The quantitative estimate of drug-likeness (QED) is 0.0510. The van der Waals surface area contributed by atoms with Gasteiger partial charge in [0.15, 0.2) is 5.15 Å². The molecule has 51 heavy (non-hydrogen) atoms. The number of H-pyrrole nitrogens is 1. The van der Waals surface area contributed by atoms with E-state index >= 15 is 0 Å². The summed E-state index contributed by atoms with van der Waals surface area (Å²) in [5.74, 6) is -0.0968. The van der Waals surface area contributed by atoms with Gasteiger partial charge in [0.1, 0.15) is 24.6 Å². The highest BCUT2D eigenvalue weighted by Gasteiger charge is 2.25. The minimum Gasteiger partial charge on any atom is -0.466 e. The molecule has 2 aromatic heterocycles. The van der Waals surface area contributed by atoms with Crippen molar-refractivity contribution in [3.63, 3.8) is 0 Å². The molecule has 0 bridgehead atoms. The molecule has 0 saturated heterocycles. The van der Waals surface area contributed by atoms with Gasteiger partial charge in [-0.2, -0.15) is 5.21 Å². The summed E-state index contributed by atoms with van der Waals surface area (Å²) in [4.78, 5) is 59.3. The molecule has 4 aromatic rings. The summed E-state index contributed by atoms with van der Waals surface area (Å²) in [7, 11) is 0. The van der Waals surface area contributed by atoms with E-state index in [4.69, 9.17) is 21.1 Å². The van der Waals surface area contributed by atoms with Crippen LogP contribution in [0.1, 0.15) is 69.5 Å². The molecule has 2 atom stereocenters. The lowest BCUT2D eigenvalue weighted by Crippen LogP contribution is -2.33. The van der Waals surface area contributed by atoms with E-state index in [0.29, 0.717) is 24.5 Å². The van der Waals surface area contributed by atoms with E-state index in [9.17, 15) is 29.8 Å². The van der Waals surface area contributed by atoms with Crippen molar-refractivity contribution in [3.8, 4) is 22.5 Å². The minimum atomic E-state index is -1.24. The monoisotopic (exact) mass is 728 g/mol. The summed E-state index contributed by atoms with van der Waals surface area (Å²) < 4.78 is 12.5. The van der Waals surface area contributed by atoms with E-state index in [-0.39, 0.29) is 44.1 Å². The van der Waals surface area contributed by atoms with Gasteiger partial charge in [0.25, 0.3) is 10.2 Å². The van der Waals surface area contributed by atoms with E-state index in [1.54, 1.807) is 0 Å². The molecule has 2 heterocycles. The second kappa shape index (κ2) is 18.9. The number of nitrogens with zero attached hydrogens (tertiary/aromatic N) is 7. The molecule has 0 radical (unpaired) electrons. The van der Waals surface area contributed by atoms with Crippen LogP contribution in [0.5, 0.6) is 0 Å². The number of tetrazole rings is 1. The number of hydrogen-bond acceptors (Lipinski definition) is 14. The second-order valence-electron chi connectivity index (χ2n) is 11.4. The number of unbranched alkanes of at least 4 members (excludes halogenated alkanes) is 1. The number of carbonyl (C=O) groups is 2. The molecule has 0 amide bonds. The molecule has 4 rings (SSSR count). The largest absolute Gasteiger partial charge is 0.466 e. The maximum absolute atomic E-state index is 12.6. The number of imidazole rings is 1. The zero-order chi connectivity index (χ0) is 36.8. The van der Waals surface area contributed by atoms with Gasteiger partial charge in [-0.15, -0.1) is 30.4 Å². The molecule has 1 N–H and O–H groups in total. The van der Waals surface area contributed by atoms with Gasteiger partial charge >= 0.3 is 11.9 Å². The van der Waals surface area contributed by atoms with E-state index in [0.717, 1.165) is 40.9 Å². The molecule has 0 aliphatic heterocycles. The molecular formula is C32H37ClN8O10. The van der Waals surface area contributed by atoms with E-state index in [2.05, 4.69) is 42.2 Å². The van der Waals surface area contributed by atoms with Crippen molar-refractivity contribution in [2.75, 3.05) is 6.61 Å². The van der Waals surface area contributed by atoms with E-state index < -0.39 is 34.3 Å². The molecule has 19 heteroatoms. The van der Waals surface area contributed by atoms with Crippen LogP contribution >= 0.6 is 11.6 Å². The number of halogens is 1. The first-order valence-electron chi connectivity index (χ1n) is 16.1. The van der Waals surface area contributed by atoms with Gasteiger partial charge in [0.2, 0.25) is 5.82 Å². The van der Waals surface area contributed by atoms with E-state index in [1.807, 2.05) is 53.1 Å². The van der Waals surface area contributed by atoms with Crippen molar-refractivity contribution >= 4 is 23.5 Å². The number of hydrogen-bond donors (Lipinski definition) is 1. The number of aromatic nitrogens is 6. The fourth-order valence-corrected chi connectivity index (χ4v) is 5.44. The first-order valence-corrected chi connectivity index (χ1v) is 16.5. The molecule has 2 aromatic carbocycles. The zero-order valence-electron chi connectivity index (χ0n) is 27.9. The molecule has 0 aliphatic rings. The Labute approximate surface area is 296 Å². The van der Waals surface area contributed by atoms with Crippen LogP contribution in [-0.4, -0.2) is 71.1 Å². The lowest BCUT2D eigenvalue weighted by molar-refractivity contribution is -0.798. The maximum atomic E-state index is 12.6. The van der Waals surface area contributed by atoms with Gasteiger partial charge in [-0.1, -0.05) is 73.5 Å². The standard InChI is InChI=1S/C32H37ClN8O10/c1-3-4-11-28-34-31(33)26(20-49-30(43)17-16-29(42)48-18-7-10-27(51-41(46)47)21(2)50-40(44)45)39(28)19-22-12-14-23(15-13-22)24-8-5-6-9-25(24)32-35-37-38-36-32/h5-6,8-9,12-15,21,27H,3-4,7,10-11,16-20H2,1-2H3,(H,35,36,37,38). The first-order chi connectivity index (χ1) is 24.5. The SMILES string of the molecule is CCCCc1nc(Cl)c(COC(=O)CCC(=O)OCCCC(O[N+](=O)[O-])C(C)O[N+](=O)[O-])n1Cc1ccc(-c2ccccc2-c2nn[nH]n2)cc1. The number of esters is 2. The summed E-state index contributed by atoms with van der Waals surface area (Å²) in [5, 5.41) is 33.7. The molecule has 272 valence electrons.